The zero-order chi connectivity index (χ0) is 16.8. The Balaban J connectivity index is 2.71. The lowest BCUT2D eigenvalue weighted by Crippen LogP contribution is -2.47. The maximum Gasteiger partial charge on any atom is 0.192 e. The number of hydrogen-bond acceptors (Lipinski definition) is 3. The molecule has 1 rings (SSSR count). The van der Waals surface area contributed by atoms with Crippen LogP contribution in [0.15, 0.2) is 30.3 Å². The summed E-state index contributed by atoms with van der Waals surface area (Å²) in [5.74, 6) is 0. The van der Waals surface area contributed by atoms with Gasteiger partial charge in [-0.05, 0) is 30.1 Å². The van der Waals surface area contributed by atoms with Gasteiger partial charge in [-0.1, -0.05) is 58.0 Å². The summed E-state index contributed by atoms with van der Waals surface area (Å²) in [6.45, 7) is 13.5. The second kappa shape index (κ2) is 8.04. The molecule has 124 valence electrons. The van der Waals surface area contributed by atoms with E-state index in [-0.39, 0.29) is 11.1 Å². The van der Waals surface area contributed by atoms with E-state index < -0.39 is 14.4 Å². The molecule has 0 spiro atoms. The Morgan fingerprint density at radius 2 is 1.77 bits per heavy atom. The molecule has 0 unspecified atom stereocenters. The summed E-state index contributed by atoms with van der Waals surface area (Å²) in [5, 5.41) is 0.118. The Kier molecular flexibility index (Phi) is 6.97. The quantitative estimate of drug-likeness (QED) is 0.519. The molecular weight excluding hydrogens is 292 g/mol. The molecule has 1 aromatic carbocycles. The summed E-state index contributed by atoms with van der Waals surface area (Å²) in [4.78, 5) is 11.5. The van der Waals surface area contributed by atoms with Gasteiger partial charge in [-0.15, -0.1) is 0 Å². The molecule has 1 aromatic rings. The number of benzene rings is 1. The van der Waals surface area contributed by atoms with E-state index in [2.05, 4.69) is 33.9 Å². The first-order chi connectivity index (χ1) is 10.2. The van der Waals surface area contributed by atoms with Gasteiger partial charge < -0.3 is 14.0 Å². The Morgan fingerprint density at radius 1 is 1.18 bits per heavy atom. The summed E-state index contributed by atoms with van der Waals surface area (Å²) >= 11 is 0. The fraction of sp³-hybridized carbons (Fsp3) is 0.611. The Labute approximate surface area is 136 Å². The van der Waals surface area contributed by atoms with Gasteiger partial charge in [0.15, 0.2) is 14.6 Å². The molecule has 3 nitrogen and oxygen atoms in total. The lowest BCUT2D eigenvalue weighted by atomic mass is 10.1. The van der Waals surface area contributed by atoms with Crippen LogP contribution >= 0.6 is 0 Å². The monoisotopic (exact) mass is 322 g/mol. The van der Waals surface area contributed by atoms with Crippen LogP contribution < -0.4 is 0 Å². The fourth-order valence-electron chi connectivity index (χ4n) is 1.94. The van der Waals surface area contributed by atoms with Crippen molar-refractivity contribution in [2.24, 2.45) is 0 Å². The number of ether oxygens (including phenoxy) is 1. The van der Waals surface area contributed by atoms with Gasteiger partial charge in [0.2, 0.25) is 0 Å². The molecule has 0 saturated heterocycles. The zero-order valence-corrected chi connectivity index (χ0v) is 15.8. The average molecular weight is 323 g/mol. The van der Waals surface area contributed by atoms with Crippen LogP contribution in [0.5, 0.6) is 0 Å². The normalized spacial score (nSPS) is 15.4. The van der Waals surface area contributed by atoms with E-state index in [1.54, 1.807) is 0 Å². The van der Waals surface area contributed by atoms with Crippen LogP contribution in [0.4, 0.5) is 0 Å². The molecule has 22 heavy (non-hydrogen) atoms. The molecule has 0 aliphatic rings. The highest BCUT2D eigenvalue weighted by Crippen LogP contribution is 2.38. The minimum atomic E-state index is -1.92. The smallest absolute Gasteiger partial charge is 0.192 e. The second-order valence-electron chi connectivity index (χ2n) is 7.22. The van der Waals surface area contributed by atoms with Crippen molar-refractivity contribution in [3.8, 4) is 0 Å². The van der Waals surface area contributed by atoms with E-state index in [0.717, 1.165) is 18.3 Å². The van der Waals surface area contributed by atoms with Crippen LogP contribution in [0.25, 0.3) is 0 Å². The van der Waals surface area contributed by atoms with Gasteiger partial charge >= 0.3 is 0 Å². The summed E-state index contributed by atoms with van der Waals surface area (Å²) < 4.78 is 12.2. The van der Waals surface area contributed by atoms with E-state index in [9.17, 15) is 4.79 Å². The van der Waals surface area contributed by atoms with Crippen molar-refractivity contribution in [3.05, 3.63) is 35.9 Å². The van der Waals surface area contributed by atoms with E-state index in [1.807, 2.05) is 37.3 Å². The van der Waals surface area contributed by atoms with E-state index in [0.29, 0.717) is 6.61 Å². The van der Waals surface area contributed by atoms with Crippen molar-refractivity contribution >= 4 is 14.6 Å². The molecule has 0 aromatic heterocycles. The van der Waals surface area contributed by atoms with Crippen LogP contribution in [0.2, 0.25) is 18.1 Å². The lowest BCUT2D eigenvalue weighted by Gasteiger charge is -2.40. The minimum Gasteiger partial charge on any atom is -0.411 e. The van der Waals surface area contributed by atoms with Crippen molar-refractivity contribution in [1.82, 2.24) is 0 Å². The number of aldehydes is 1. The number of hydrogen-bond donors (Lipinski definition) is 0. The SMILES string of the molecule is CC[C@H](O[Si](C)(C)C(C)(C)C)[C@H](C=O)OCc1ccccc1. The summed E-state index contributed by atoms with van der Waals surface area (Å²) in [6.07, 6.45) is 0.955. The second-order valence-corrected chi connectivity index (χ2v) is 12.0. The molecular formula is C18H30O3Si. The van der Waals surface area contributed by atoms with Gasteiger partial charge in [-0.3, -0.25) is 0 Å². The Bertz CT molecular complexity index is 451. The van der Waals surface area contributed by atoms with E-state index in [1.165, 1.54) is 0 Å². The predicted octanol–water partition coefficient (Wildman–Crippen LogP) is 4.57. The van der Waals surface area contributed by atoms with Crippen molar-refractivity contribution in [2.45, 2.75) is 71.1 Å². The highest BCUT2D eigenvalue weighted by Gasteiger charge is 2.40. The zero-order valence-electron chi connectivity index (χ0n) is 14.8. The van der Waals surface area contributed by atoms with Crippen molar-refractivity contribution < 1.29 is 14.0 Å². The Hall–Kier alpha value is -0.973. The standard InChI is InChI=1S/C18H30O3Si/c1-7-16(21-22(5,6)18(2,3)4)17(13-19)20-14-15-11-9-8-10-12-15/h8-13,16-17H,7,14H2,1-6H3/t16-,17-/m0/s1. The fourth-order valence-corrected chi connectivity index (χ4v) is 3.35. The van der Waals surface area contributed by atoms with E-state index in [4.69, 9.17) is 9.16 Å². The van der Waals surface area contributed by atoms with Gasteiger partial charge in [-0.25, -0.2) is 0 Å². The Morgan fingerprint density at radius 3 is 2.23 bits per heavy atom. The number of carbonyl (C=O) groups is 1. The third-order valence-corrected chi connectivity index (χ3v) is 8.94. The number of rotatable bonds is 8. The summed E-state index contributed by atoms with van der Waals surface area (Å²) in [5.41, 5.74) is 1.07. The van der Waals surface area contributed by atoms with Crippen LogP contribution in [-0.4, -0.2) is 26.8 Å². The topological polar surface area (TPSA) is 35.5 Å². The molecule has 0 heterocycles. The van der Waals surface area contributed by atoms with E-state index >= 15 is 0 Å². The average Bonchev–Trinajstić information content (AvgIpc) is 2.46. The summed E-state index contributed by atoms with van der Waals surface area (Å²) in [7, 11) is -1.92. The largest absolute Gasteiger partial charge is 0.411 e. The first-order valence-corrected chi connectivity index (χ1v) is 10.9. The lowest BCUT2D eigenvalue weighted by molar-refractivity contribution is -0.126. The van der Waals surface area contributed by atoms with Crippen LogP contribution in [-0.2, 0) is 20.6 Å². The van der Waals surface area contributed by atoms with Gasteiger partial charge in [0, 0.05) is 0 Å². The van der Waals surface area contributed by atoms with Gasteiger partial charge in [0.05, 0.1) is 12.7 Å². The molecule has 0 fully saturated rings. The molecule has 0 amide bonds. The summed E-state index contributed by atoms with van der Waals surface area (Å²) in [6, 6.07) is 9.90. The maximum absolute atomic E-state index is 11.5. The van der Waals surface area contributed by atoms with Crippen LogP contribution in [0.1, 0.15) is 39.7 Å². The molecule has 0 radical (unpaired) electrons. The molecule has 2 atom stereocenters. The maximum atomic E-state index is 11.5. The van der Waals surface area contributed by atoms with Crippen molar-refractivity contribution in [1.29, 1.82) is 0 Å². The van der Waals surface area contributed by atoms with Gasteiger partial charge in [0.1, 0.15) is 6.10 Å². The molecule has 0 N–H and O–H groups in total. The predicted molar refractivity (Wildman–Crippen MR) is 93.4 cm³/mol. The third kappa shape index (κ3) is 5.34. The molecule has 0 bridgehead atoms. The van der Waals surface area contributed by atoms with Crippen molar-refractivity contribution in [3.63, 3.8) is 0 Å². The first kappa shape index (κ1) is 19.1. The third-order valence-electron chi connectivity index (χ3n) is 4.44. The van der Waals surface area contributed by atoms with Gasteiger partial charge in [-0.2, -0.15) is 0 Å². The van der Waals surface area contributed by atoms with Crippen LogP contribution in [0, 0.1) is 0 Å². The molecule has 0 aliphatic heterocycles. The minimum absolute atomic E-state index is 0.118. The first-order valence-electron chi connectivity index (χ1n) is 8.00. The molecule has 0 saturated carbocycles. The van der Waals surface area contributed by atoms with Crippen LogP contribution in [0.3, 0.4) is 0 Å². The highest BCUT2D eigenvalue weighted by atomic mass is 28.4. The van der Waals surface area contributed by atoms with Gasteiger partial charge in [0.25, 0.3) is 0 Å². The highest BCUT2D eigenvalue weighted by molar-refractivity contribution is 6.74. The van der Waals surface area contributed by atoms with Crippen molar-refractivity contribution in [2.75, 3.05) is 0 Å². The molecule has 4 heteroatoms. The molecule has 0 aliphatic carbocycles. The number of carbonyl (C=O) groups excluding carboxylic acids is 1.